The average molecular weight is 944 g/mol. The summed E-state index contributed by atoms with van der Waals surface area (Å²) in [6.45, 7) is 34.6. The highest BCUT2D eigenvalue weighted by atomic mass is 31.2. The van der Waals surface area contributed by atoms with E-state index in [-0.39, 0.29) is 0 Å². The summed E-state index contributed by atoms with van der Waals surface area (Å²) in [6, 6.07) is 51.2. The third-order valence-electron chi connectivity index (χ3n) is 16.7. The van der Waals surface area contributed by atoms with Gasteiger partial charge in [-0.05, 0) is 133 Å². The fourth-order valence-electron chi connectivity index (χ4n) is 11.9. The van der Waals surface area contributed by atoms with Crippen molar-refractivity contribution in [1.29, 1.82) is 0 Å². The van der Waals surface area contributed by atoms with Crippen LogP contribution in [-0.2, 0) is 12.8 Å². The van der Waals surface area contributed by atoms with Gasteiger partial charge in [-0.25, -0.2) is 20.0 Å². The molecular formula is C56H77N5P4. The first-order chi connectivity index (χ1) is 31.0. The predicted octanol–water partition coefficient (Wildman–Crippen LogP) is 13.1. The van der Waals surface area contributed by atoms with Crippen LogP contribution >= 0.6 is 29.4 Å². The number of benzene rings is 5. The number of aryl methyl sites for hydroxylation is 2. The maximum Gasteiger partial charge on any atom is 0.111 e. The summed E-state index contributed by atoms with van der Waals surface area (Å²) in [5.74, 6) is 1.39. The Hall–Kier alpha value is -2.38. The minimum atomic E-state index is -2.43. The van der Waals surface area contributed by atoms with Crippen molar-refractivity contribution >= 4 is 50.6 Å². The molecule has 3 aliphatic heterocycles. The van der Waals surface area contributed by atoms with E-state index in [1.54, 1.807) is 0 Å². The van der Waals surface area contributed by atoms with Gasteiger partial charge in [-0.15, -0.1) is 11.1 Å². The van der Waals surface area contributed by atoms with E-state index in [4.69, 9.17) is 26.7 Å². The molecule has 0 radical (unpaired) electrons. The van der Waals surface area contributed by atoms with Crippen LogP contribution in [0.25, 0.3) is 0 Å². The van der Waals surface area contributed by atoms with Gasteiger partial charge < -0.3 is 0 Å². The topological polar surface area (TPSA) is 16.2 Å². The largest absolute Gasteiger partial charge is 0.207 e. The Morgan fingerprint density at radius 2 is 0.969 bits per heavy atom. The summed E-state index contributed by atoms with van der Waals surface area (Å²) in [7, 11) is 0.568. The first-order valence-corrected chi connectivity index (χ1v) is 32.3. The van der Waals surface area contributed by atoms with Crippen molar-refractivity contribution in [2.24, 2.45) is 0 Å². The first kappa shape index (κ1) is 49.1. The molecule has 7 atom stereocenters. The molecule has 5 aromatic carbocycles. The molecule has 0 spiro atoms. The van der Waals surface area contributed by atoms with Crippen LogP contribution in [0.1, 0.15) is 93.9 Å². The second-order valence-electron chi connectivity index (χ2n) is 19.5. The van der Waals surface area contributed by atoms with Gasteiger partial charge in [-0.1, -0.05) is 110 Å². The average Bonchev–Trinajstić information content (AvgIpc) is 3.82. The zero-order valence-corrected chi connectivity index (χ0v) is 44.5. The highest BCUT2D eigenvalue weighted by Crippen LogP contribution is 2.91. The van der Waals surface area contributed by atoms with Crippen LogP contribution in [0, 0.1) is 26.7 Å². The van der Waals surface area contributed by atoms with Crippen molar-refractivity contribution in [3.05, 3.63) is 182 Å². The van der Waals surface area contributed by atoms with Gasteiger partial charge in [0.2, 0.25) is 0 Å². The molecule has 0 aliphatic carbocycles. The molecule has 1 unspecified atom stereocenters. The lowest BCUT2D eigenvalue weighted by molar-refractivity contribution is 0.0357. The molecule has 5 aromatic rings. The maximum absolute atomic E-state index is 5.59. The van der Waals surface area contributed by atoms with E-state index >= 15 is 0 Å². The molecule has 5 nitrogen and oxygen atoms in total. The van der Waals surface area contributed by atoms with Crippen LogP contribution < -0.4 is 21.2 Å². The molecule has 3 heterocycles. The Balaban J connectivity index is 1.21. The molecule has 9 heteroatoms. The molecule has 0 bridgehead atoms. The standard InChI is InChI=1S/C56H77N5P4/c1-14-15-40-61(65(13)53(49-27-19-16-20-28-49)38-39-54(65)50-29-21-17-22-30-50)64(12,51-31-23-18-24-32-51)52-33-25-26-47(41-52)34-35-48-36-37-55(62(10)43(2)57(6)58(7)44(62)3)56(42-48)63(11)45(4)59(8)60(9)46(63)5/h16-33,36-37,41-46,53-54H,10-15,34-35,38-40H2,1-9H3/t43-,44-,45-,46-,53-,54-,64?/m0/s1. The Morgan fingerprint density at radius 3 is 1.45 bits per heavy atom. The smallest absolute Gasteiger partial charge is 0.111 e. The minimum absolute atomic E-state index is 0.341. The Morgan fingerprint density at radius 1 is 0.538 bits per heavy atom. The molecule has 3 aliphatic rings. The van der Waals surface area contributed by atoms with Crippen molar-refractivity contribution in [1.82, 2.24) is 24.5 Å². The fraction of sp³-hybridized carbons (Fsp3) is 0.393. The third-order valence-corrected chi connectivity index (χ3v) is 35.6. The predicted molar refractivity (Wildman–Crippen MR) is 292 cm³/mol. The van der Waals surface area contributed by atoms with Crippen molar-refractivity contribution in [2.45, 2.75) is 108 Å². The van der Waals surface area contributed by atoms with Crippen LogP contribution in [0.15, 0.2) is 133 Å². The van der Waals surface area contributed by atoms with E-state index in [0.717, 1.165) is 45.1 Å². The van der Waals surface area contributed by atoms with E-state index in [9.17, 15) is 0 Å². The molecule has 0 amide bonds. The van der Waals surface area contributed by atoms with Gasteiger partial charge in [0.1, 0.15) is 33.7 Å². The summed E-state index contributed by atoms with van der Waals surface area (Å²) >= 11 is 0. The molecule has 8 rings (SSSR count). The lowest BCUT2D eigenvalue weighted by Crippen LogP contribution is -2.39. The summed E-state index contributed by atoms with van der Waals surface area (Å²) in [5, 5.41) is 15.5. The van der Waals surface area contributed by atoms with Crippen LogP contribution in [-0.4, -0.2) is 82.3 Å². The molecular weight excluding hydrogens is 867 g/mol. The van der Waals surface area contributed by atoms with E-state index in [1.807, 2.05) is 0 Å². The number of hydrogen-bond acceptors (Lipinski definition) is 5. The summed E-state index contributed by atoms with van der Waals surface area (Å²) in [6.07, 6.45) is 6.44. The Labute approximate surface area is 397 Å². The van der Waals surface area contributed by atoms with E-state index in [0.29, 0.717) is 34.4 Å². The second-order valence-corrected chi connectivity index (χ2v) is 34.1. The Bertz CT molecular complexity index is 2310. The molecule has 3 saturated heterocycles. The first-order valence-electron chi connectivity index (χ1n) is 24.1. The van der Waals surface area contributed by atoms with E-state index in [1.165, 1.54) is 43.5 Å². The number of rotatable bonds is 14. The lowest BCUT2D eigenvalue weighted by Gasteiger charge is -2.51. The quantitative estimate of drug-likeness (QED) is 0.0812. The van der Waals surface area contributed by atoms with Gasteiger partial charge in [0.05, 0.1) is 35.9 Å². The number of hydrazine groups is 2. The summed E-state index contributed by atoms with van der Waals surface area (Å²) in [5.41, 5.74) is 6.38. The Kier molecular flexibility index (Phi) is 14.8. The normalized spacial score (nSPS) is 26.8. The number of nitrogens with zero attached hydrogens (tertiary/aromatic N) is 5. The van der Waals surface area contributed by atoms with Gasteiger partial charge in [-0.2, -0.15) is 20.0 Å². The fourth-order valence-corrected chi connectivity index (χ4v) is 31.1. The van der Waals surface area contributed by atoms with E-state index < -0.39 is 29.4 Å². The minimum Gasteiger partial charge on any atom is -0.207 e. The van der Waals surface area contributed by atoms with Crippen LogP contribution in [0.4, 0.5) is 0 Å². The highest BCUT2D eigenvalue weighted by molar-refractivity contribution is 7.97. The summed E-state index contributed by atoms with van der Waals surface area (Å²) < 4.78 is 2.98. The van der Waals surface area contributed by atoms with Crippen molar-refractivity contribution in [3.8, 4) is 0 Å². The summed E-state index contributed by atoms with van der Waals surface area (Å²) in [4.78, 5) is 0. The van der Waals surface area contributed by atoms with Crippen LogP contribution in [0.3, 0.4) is 0 Å². The van der Waals surface area contributed by atoms with Crippen molar-refractivity contribution in [2.75, 3.05) is 34.7 Å². The second kappa shape index (κ2) is 19.6. The van der Waals surface area contributed by atoms with Gasteiger partial charge in [0, 0.05) is 35.6 Å². The zero-order valence-electron chi connectivity index (χ0n) is 41.0. The molecule has 0 saturated carbocycles. The maximum atomic E-state index is 5.59. The van der Waals surface area contributed by atoms with Crippen LogP contribution in [0.5, 0.6) is 0 Å². The SMILES string of the molecule is [CH2-][P+]1(c2ccc(CCc3cccc([P+]([CH2-])(c4ccccc4)N(CCCC)[P+]4([CH2-])[C@H](c5ccccc5)CC[C@H]4c4ccccc4)c3)cc2[P+]2([CH2-])[C@@H](C)N(C)N(C)[C@@H]2C)[C@@H](C)N(C)N(C)[C@@H]1C. The van der Waals surface area contributed by atoms with E-state index in [2.05, 4.69) is 221 Å². The van der Waals surface area contributed by atoms with Gasteiger partial charge >= 0.3 is 0 Å². The zero-order chi connectivity index (χ0) is 46.5. The van der Waals surface area contributed by atoms with Gasteiger partial charge in [0.15, 0.2) is 0 Å². The number of unbranched alkanes of at least 4 members (excludes halogenated alkanes) is 1. The van der Waals surface area contributed by atoms with Crippen molar-refractivity contribution < 1.29 is 0 Å². The third kappa shape index (κ3) is 8.28. The van der Waals surface area contributed by atoms with Gasteiger partial charge in [0.25, 0.3) is 0 Å². The molecule has 3 fully saturated rings. The molecule has 0 aromatic heterocycles. The van der Waals surface area contributed by atoms with Gasteiger partial charge in [-0.3, -0.25) is 0 Å². The molecule has 346 valence electrons. The monoisotopic (exact) mass is 944 g/mol. The molecule has 65 heavy (non-hydrogen) atoms. The highest BCUT2D eigenvalue weighted by Gasteiger charge is 2.61. The lowest BCUT2D eigenvalue weighted by atomic mass is 10.0. The van der Waals surface area contributed by atoms with Crippen molar-refractivity contribution in [3.63, 3.8) is 0 Å². The molecule has 0 N–H and O–H groups in total. The number of hydrogen-bond donors (Lipinski definition) is 0. The van der Waals surface area contributed by atoms with Crippen LogP contribution in [0.2, 0.25) is 0 Å².